The second-order valence-corrected chi connectivity index (χ2v) is 8.17. The maximum atomic E-state index is 12.7. The van der Waals surface area contributed by atoms with Crippen LogP contribution in [0.4, 0.5) is 0 Å². The molecule has 7 heteroatoms. The van der Waals surface area contributed by atoms with Crippen molar-refractivity contribution in [2.24, 2.45) is 7.05 Å². The van der Waals surface area contributed by atoms with Gasteiger partial charge in [-0.25, -0.2) is 8.42 Å². The molecule has 0 atom stereocenters. The quantitative estimate of drug-likeness (QED) is 0.849. The summed E-state index contributed by atoms with van der Waals surface area (Å²) in [5.41, 5.74) is 2.26. The van der Waals surface area contributed by atoms with Gasteiger partial charge in [-0.1, -0.05) is 12.1 Å². The van der Waals surface area contributed by atoms with Crippen molar-refractivity contribution in [2.75, 3.05) is 13.1 Å². The molecule has 2 heterocycles. The summed E-state index contributed by atoms with van der Waals surface area (Å²) in [7, 11) is -1.84. The fraction of sp³-hybridized carbons (Fsp3) is 0.471. The Kier molecular flexibility index (Phi) is 4.64. The van der Waals surface area contributed by atoms with Crippen molar-refractivity contribution in [1.82, 2.24) is 14.1 Å². The first-order chi connectivity index (χ1) is 11.4. The molecule has 0 spiro atoms. The molecule has 2 aromatic rings. The molecule has 130 valence electrons. The summed E-state index contributed by atoms with van der Waals surface area (Å²) in [4.78, 5) is 0. The first kappa shape index (κ1) is 17.0. The standard InChI is InChI=1S/C17H23N3O3S/c1-13-4-5-14(2)16(12-13)23-15-7-10-20(11-8-15)24(21,22)17-6-9-18-19(17)3/h4-6,9,12,15H,7-8,10-11H2,1-3H3. The van der Waals surface area contributed by atoms with Gasteiger partial charge in [-0.15, -0.1) is 0 Å². The lowest BCUT2D eigenvalue weighted by molar-refractivity contribution is 0.134. The number of sulfonamides is 1. The molecule has 24 heavy (non-hydrogen) atoms. The number of ether oxygens (including phenoxy) is 1. The Balaban J connectivity index is 1.66. The van der Waals surface area contributed by atoms with Crippen LogP contribution in [0.3, 0.4) is 0 Å². The number of aromatic nitrogens is 2. The van der Waals surface area contributed by atoms with Gasteiger partial charge in [-0.2, -0.15) is 9.40 Å². The highest BCUT2D eigenvalue weighted by Gasteiger charge is 2.32. The highest BCUT2D eigenvalue weighted by Crippen LogP contribution is 2.26. The van der Waals surface area contributed by atoms with Crippen LogP contribution in [-0.2, 0) is 17.1 Å². The minimum absolute atomic E-state index is 0.0449. The van der Waals surface area contributed by atoms with Gasteiger partial charge in [0.15, 0.2) is 5.03 Å². The van der Waals surface area contributed by atoms with Crippen LogP contribution < -0.4 is 4.74 Å². The van der Waals surface area contributed by atoms with Crippen LogP contribution in [0.5, 0.6) is 5.75 Å². The van der Waals surface area contributed by atoms with Gasteiger partial charge in [0.05, 0.1) is 6.20 Å². The van der Waals surface area contributed by atoms with E-state index in [1.807, 2.05) is 26.0 Å². The molecule has 1 aromatic carbocycles. The van der Waals surface area contributed by atoms with E-state index in [-0.39, 0.29) is 11.1 Å². The molecular weight excluding hydrogens is 326 g/mol. The van der Waals surface area contributed by atoms with Crippen LogP contribution in [0.2, 0.25) is 0 Å². The van der Waals surface area contributed by atoms with E-state index in [0.717, 1.165) is 16.9 Å². The van der Waals surface area contributed by atoms with Gasteiger partial charge in [-0.3, -0.25) is 4.68 Å². The molecule has 0 N–H and O–H groups in total. The van der Waals surface area contributed by atoms with Crippen LogP contribution in [-0.4, -0.2) is 41.7 Å². The molecule has 0 bridgehead atoms. The Morgan fingerprint density at radius 1 is 1.17 bits per heavy atom. The average Bonchev–Trinajstić information content (AvgIpc) is 2.98. The summed E-state index contributed by atoms with van der Waals surface area (Å²) in [6.45, 7) is 4.98. The van der Waals surface area contributed by atoms with Crippen LogP contribution in [0.1, 0.15) is 24.0 Å². The Morgan fingerprint density at radius 2 is 1.88 bits per heavy atom. The molecule has 1 aliphatic heterocycles. The third-order valence-corrected chi connectivity index (χ3v) is 6.39. The van der Waals surface area contributed by atoms with Gasteiger partial charge in [0.2, 0.25) is 0 Å². The number of hydrogen-bond acceptors (Lipinski definition) is 4. The van der Waals surface area contributed by atoms with E-state index in [9.17, 15) is 8.42 Å². The third kappa shape index (κ3) is 3.32. The van der Waals surface area contributed by atoms with Gasteiger partial charge < -0.3 is 4.74 Å². The van der Waals surface area contributed by atoms with Crippen LogP contribution in [0.25, 0.3) is 0 Å². The maximum absolute atomic E-state index is 12.7. The van der Waals surface area contributed by atoms with Crippen molar-refractivity contribution in [3.63, 3.8) is 0 Å². The zero-order valence-electron chi connectivity index (χ0n) is 14.3. The minimum atomic E-state index is -3.48. The van der Waals surface area contributed by atoms with Gasteiger partial charge in [0, 0.05) is 20.1 Å². The average molecular weight is 349 g/mol. The second-order valence-electron chi connectivity index (χ2n) is 6.28. The lowest BCUT2D eigenvalue weighted by Gasteiger charge is -2.31. The number of nitrogens with zero attached hydrogens (tertiary/aromatic N) is 3. The molecule has 1 aromatic heterocycles. The molecule has 0 unspecified atom stereocenters. The number of rotatable bonds is 4. The third-order valence-electron chi connectivity index (χ3n) is 4.42. The van der Waals surface area contributed by atoms with E-state index >= 15 is 0 Å². The smallest absolute Gasteiger partial charge is 0.260 e. The molecule has 1 fully saturated rings. The largest absolute Gasteiger partial charge is 0.490 e. The summed E-state index contributed by atoms with van der Waals surface area (Å²) < 4.78 is 34.3. The Morgan fingerprint density at radius 3 is 2.50 bits per heavy atom. The number of hydrogen-bond donors (Lipinski definition) is 0. The van der Waals surface area contributed by atoms with Crippen LogP contribution in [0, 0.1) is 13.8 Å². The van der Waals surface area contributed by atoms with Crippen molar-refractivity contribution in [1.29, 1.82) is 0 Å². The van der Waals surface area contributed by atoms with Crippen molar-refractivity contribution >= 4 is 10.0 Å². The molecule has 1 saturated heterocycles. The molecule has 0 saturated carbocycles. The van der Waals surface area contributed by atoms with E-state index in [1.54, 1.807) is 7.05 Å². The number of benzene rings is 1. The zero-order valence-corrected chi connectivity index (χ0v) is 15.1. The monoisotopic (exact) mass is 349 g/mol. The van der Waals surface area contributed by atoms with Gasteiger partial charge >= 0.3 is 0 Å². The first-order valence-electron chi connectivity index (χ1n) is 8.10. The van der Waals surface area contributed by atoms with Gasteiger partial charge in [0.25, 0.3) is 10.0 Å². The second kappa shape index (κ2) is 6.57. The molecule has 0 radical (unpaired) electrons. The van der Waals surface area contributed by atoms with Gasteiger partial charge in [-0.05, 0) is 49.9 Å². The molecule has 3 rings (SSSR count). The minimum Gasteiger partial charge on any atom is -0.490 e. The Bertz CT molecular complexity index is 821. The topological polar surface area (TPSA) is 64.4 Å². The van der Waals surface area contributed by atoms with E-state index in [2.05, 4.69) is 11.2 Å². The zero-order chi connectivity index (χ0) is 17.3. The van der Waals surface area contributed by atoms with Crippen LogP contribution >= 0.6 is 0 Å². The fourth-order valence-electron chi connectivity index (χ4n) is 2.95. The van der Waals surface area contributed by atoms with Crippen molar-refractivity contribution < 1.29 is 13.2 Å². The van der Waals surface area contributed by atoms with E-state index in [0.29, 0.717) is 25.9 Å². The predicted molar refractivity (Wildman–Crippen MR) is 91.5 cm³/mol. The van der Waals surface area contributed by atoms with E-state index in [1.165, 1.54) is 21.3 Å². The summed E-state index contributed by atoms with van der Waals surface area (Å²) in [5, 5.41) is 4.19. The molecular formula is C17H23N3O3S. The Hall–Kier alpha value is -1.86. The van der Waals surface area contributed by atoms with Gasteiger partial charge in [0.1, 0.15) is 11.9 Å². The van der Waals surface area contributed by atoms with E-state index in [4.69, 9.17) is 4.74 Å². The first-order valence-corrected chi connectivity index (χ1v) is 9.54. The highest BCUT2D eigenvalue weighted by molar-refractivity contribution is 7.89. The summed E-state index contributed by atoms with van der Waals surface area (Å²) in [5.74, 6) is 0.892. The predicted octanol–water partition coefficient (Wildman–Crippen LogP) is 2.27. The molecule has 1 aliphatic rings. The fourth-order valence-corrected chi connectivity index (χ4v) is 4.52. The SMILES string of the molecule is Cc1ccc(C)c(OC2CCN(S(=O)(=O)c3ccnn3C)CC2)c1. The van der Waals surface area contributed by atoms with Crippen LogP contribution in [0.15, 0.2) is 35.5 Å². The summed E-state index contributed by atoms with van der Waals surface area (Å²) >= 11 is 0. The lowest BCUT2D eigenvalue weighted by Crippen LogP contribution is -2.42. The molecule has 0 aliphatic carbocycles. The molecule has 6 nitrogen and oxygen atoms in total. The van der Waals surface area contributed by atoms with E-state index < -0.39 is 10.0 Å². The molecule has 0 amide bonds. The summed E-state index contributed by atoms with van der Waals surface area (Å²) in [6, 6.07) is 7.68. The maximum Gasteiger partial charge on any atom is 0.260 e. The van der Waals surface area contributed by atoms with Crippen molar-refractivity contribution in [3.05, 3.63) is 41.6 Å². The Labute approximate surface area is 143 Å². The number of aryl methyl sites for hydroxylation is 3. The lowest BCUT2D eigenvalue weighted by atomic mass is 10.1. The normalized spacial score (nSPS) is 17.1. The van der Waals surface area contributed by atoms with Crippen molar-refractivity contribution in [3.8, 4) is 5.75 Å². The summed E-state index contributed by atoms with van der Waals surface area (Å²) in [6.07, 6.45) is 2.92. The number of piperidine rings is 1. The highest BCUT2D eigenvalue weighted by atomic mass is 32.2. The van der Waals surface area contributed by atoms with Crippen molar-refractivity contribution in [2.45, 2.75) is 37.8 Å².